The first kappa shape index (κ1) is 19.3. The maximum Gasteiger partial charge on any atom is 0.251 e. The SMILES string of the molecule is CCc1cc(C)c(Oc2ccnc3ccc(C(=O)NCC4COC4)cc23)cc1F. The zero-order valence-electron chi connectivity index (χ0n) is 16.5. The van der Waals surface area contributed by atoms with E-state index in [9.17, 15) is 9.18 Å². The standard InChI is InChI=1S/C23H23FN2O3/c1-3-16-8-14(2)22(10-19(16)24)29-21-6-7-25-20-5-4-17(9-18(20)21)23(27)26-11-15-12-28-13-15/h4-10,15H,3,11-13H2,1-2H3,(H,26,27). The molecule has 2 heterocycles. The van der Waals surface area contributed by atoms with Crippen LogP contribution in [0.15, 0.2) is 42.6 Å². The first-order chi connectivity index (χ1) is 14.0. The molecule has 1 fully saturated rings. The summed E-state index contributed by atoms with van der Waals surface area (Å²) in [5, 5.41) is 3.63. The first-order valence-corrected chi connectivity index (χ1v) is 9.76. The van der Waals surface area contributed by atoms with Gasteiger partial charge in [0.2, 0.25) is 0 Å². The minimum absolute atomic E-state index is 0.150. The summed E-state index contributed by atoms with van der Waals surface area (Å²) in [4.78, 5) is 16.9. The van der Waals surface area contributed by atoms with Gasteiger partial charge in [0, 0.05) is 35.7 Å². The summed E-state index contributed by atoms with van der Waals surface area (Å²) in [6, 6.07) is 10.2. The van der Waals surface area contributed by atoms with Gasteiger partial charge in [0.15, 0.2) is 0 Å². The molecule has 1 aliphatic rings. The van der Waals surface area contributed by atoms with Crippen LogP contribution in [0.4, 0.5) is 4.39 Å². The number of aryl methyl sites for hydroxylation is 2. The largest absolute Gasteiger partial charge is 0.456 e. The fourth-order valence-corrected chi connectivity index (χ4v) is 3.32. The lowest BCUT2D eigenvalue weighted by Crippen LogP contribution is -2.39. The number of nitrogens with zero attached hydrogens (tertiary/aromatic N) is 1. The number of hydrogen-bond acceptors (Lipinski definition) is 4. The summed E-state index contributed by atoms with van der Waals surface area (Å²) in [6.45, 7) is 5.77. The lowest BCUT2D eigenvalue weighted by molar-refractivity contribution is -0.0298. The number of nitrogens with one attached hydrogen (secondary N) is 1. The molecule has 0 bridgehead atoms. The quantitative estimate of drug-likeness (QED) is 0.673. The maximum atomic E-state index is 14.2. The molecule has 2 aromatic carbocycles. The number of amides is 1. The Bertz CT molecular complexity index is 1060. The van der Waals surface area contributed by atoms with Crippen molar-refractivity contribution in [2.24, 2.45) is 5.92 Å². The number of halogens is 1. The van der Waals surface area contributed by atoms with E-state index in [1.165, 1.54) is 6.07 Å². The lowest BCUT2D eigenvalue weighted by atomic mass is 10.1. The lowest BCUT2D eigenvalue weighted by Gasteiger charge is -2.25. The second kappa shape index (κ2) is 8.17. The van der Waals surface area contributed by atoms with Crippen molar-refractivity contribution < 1.29 is 18.7 Å². The highest BCUT2D eigenvalue weighted by Crippen LogP contribution is 2.32. The number of benzene rings is 2. The molecular formula is C23H23FN2O3. The molecule has 150 valence electrons. The zero-order valence-corrected chi connectivity index (χ0v) is 16.5. The molecule has 1 amide bonds. The number of carbonyl (C=O) groups is 1. The Balaban J connectivity index is 1.62. The second-order valence-electron chi connectivity index (χ2n) is 7.32. The number of fused-ring (bicyclic) bond motifs is 1. The molecule has 0 atom stereocenters. The van der Waals surface area contributed by atoms with Gasteiger partial charge in [-0.3, -0.25) is 9.78 Å². The Morgan fingerprint density at radius 2 is 2.07 bits per heavy atom. The van der Waals surface area contributed by atoms with Crippen molar-refractivity contribution in [3.05, 3.63) is 65.1 Å². The summed E-state index contributed by atoms with van der Waals surface area (Å²) in [5.74, 6) is 0.925. The van der Waals surface area contributed by atoms with Gasteiger partial charge in [0.05, 0.1) is 18.7 Å². The number of rotatable bonds is 6. The van der Waals surface area contributed by atoms with Crippen LogP contribution in [-0.4, -0.2) is 30.6 Å². The van der Waals surface area contributed by atoms with E-state index in [0.29, 0.717) is 65.6 Å². The molecule has 4 rings (SSSR count). The Kier molecular flexibility index (Phi) is 5.45. The molecule has 3 aromatic rings. The third-order valence-corrected chi connectivity index (χ3v) is 5.17. The molecule has 1 aromatic heterocycles. The summed E-state index contributed by atoms with van der Waals surface area (Å²) < 4.78 is 25.4. The molecule has 0 unspecified atom stereocenters. The third-order valence-electron chi connectivity index (χ3n) is 5.17. The topological polar surface area (TPSA) is 60.5 Å². The number of aromatic nitrogens is 1. The van der Waals surface area contributed by atoms with Crippen molar-refractivity contribution in [1.82, 2.24) is 10.3 Å². The number of hydrogen-bond donors (Lipinski definition) is 1. The van der Waals surface area contributed by atoms with Gasteiger partial charge < -0.3 is 14.8 Å². The van der Waals surface area contributed by atoms with E-state index >= 15 is 0 Å². The molecule has 29 heavy (non-hydrogen) atoms. The normalized spacial score (nSPS) is 13.9. The van der Waals surface area contributed by atoms with Crippen molar-refractivity contribution in [1.29, 1.82) is 0 Å². The molecule has 1 aliphatic heterocycles. The highest BCUT2D eigenvalue weighted by molar-refractivity contribution is 5.99. The van der Waals surface area contributed by atoms with Gasteiger partial charge in [-0.05, 0) is 54.8 Å². The van der Waals surface area contributed by atoms with Crippen LogP contribution in [0.3, 0.4) is 0 Å². The number of ether oxygens (including phenoxy) is 2. The minimum atomic E-state index is -0.286. The third kappa shape index (κ3) is 4.07. The van der Waals surface area contributed by atoms with Gasteiger partial charge in [0.25, 0.3) is 5.91 Å². The predicted octanol–water partition coefficient (Wildman–Crippen LogP) is 4.41. The van der Waals surface area contributed by atoms with Crippen molar-refractivity contribution in [2.45, 2.75) is 20.3 Å². The van der Waals surface area contributed by atoms with E-state index in [1.54, 1.807) is 36.5 Å². The highest BCUT2D eigenvalue weighted by atomic mass is 19.1. The first-order valence-electron chi connectivity index (χ1n) is 9.76. The summed E-state index contributed by atoms with van der Waals surface area (Å²) in [7, 11) is 0. The highest BCUT2D eigenvalue weighted by Gasteiger charge is 2.19. The summed E-state index contributed by atoms with van der Waals surface area (Å²) in [5.41, 5.74) is 2.74. The van der Waals surface area contributed by atoms with Crippen LogP contribution in [0.5, 0.6) is 11.5 Å². The summed E-state index contributed by atoms with van der Waals surface area (Å²) in [6.07, 6.45) is 2.26. The Hall–Kier alpha value is -2.99. The minimum Gasteiger partial charge on any atom is -0.456 e. The molecule has 0 saturated carbocycles. The van der Waals surface area contributed by atoms with Crippen LogP contribution in [0.25, 0.3) is 10.9 Å². The monoisotopic (exact) mass is 394 g/mol. The van der Waals surface area contributed by atoms with E-state index in [-0.39, 0.29) is 11.7 Å². The zero-order chi connectivity index (χ0) is 20.4. The van der Waals surface area contributed by atoms with Gasteiger partial charge in [-0.15, -0.1) is 0 Å². The Morgan fingerprint density at radius 3 is 2.79 bits per heavy atom. The molecule has 1 saturated heterocycles. The smallest absolute Gasteiger partial charge is 0.251 e. The van der Waals surface area contributed by atoms with Crippen molar-refractivity contribution in [2.75, 3.05) is 19.8 Å². The fraction of sp³-hybridized carbons (Fsp3) is 0.304. The Morgan fingerprint density at radius 1 is 1.24 bits per heavy atom. The van der Waals surface area contributed by atoms with Gasteiger partial charge in [0.1, 0.15) is 17.3 Å². The number of pyridine rings is 1. The van der Waals surface area contributed by atoms with Crippen molar-refractivity contribution >= 4 is 16.8 Å². The molecule has 5 nitrogen and oxygen atoms in total. The molecule has 0 aliphatic carbocycles. The van der Waals surface area contributed by atoms with Crippen LogP contribution in [-0.2, 0) is 11.2 Å². The van der Waals surface area contributed by atoms with Crippen LogP contribution < -0.4 is 10.1 Å². The van der Waals surface area contributed by atoms with Crippen LogP contribution in [0.1, 0.15) is 28.4 Å². The van der Waals surface area contributed by atoms with Gasteiger partial charge >= 0.3 is 0 Å². The van der Waals surface area contributed by atoms with Gasteiger partial charge in [-0.1, -0.05) is 6.92 Å². The molecule has 1 N–H and O–H groups in total. The van der Waals surface area contributed by atoms with Gasteiger partial charge in [-0.2, -0.15) is 0 Å². The maximum absolute atomic E-state index is 14.2. The van der Waals surface area contributed by atoms with E-state index in [1.807, 2.05) is 13.8 Å². The van der Waals surface area contributed by atoms with Crippen LogP contribution in [0.2, 0.25) is 0 Å². The van der Waals surface area contributed by atoms with Crippen molar-refractivity contribution in [3.8, 4) is 11.5 Å². The average molecular weight is 394 g/mol. The van der Waals surface area contributed by atoms with Crippen molar-refractivity contribution in [3.63, 3.8) is 0 Å². The van der Waals surface area contributed by atoms with Crippen LogP contribution in [0, 0.1) is 18.7 Å². The van der Waals surface area contributed by atoms with E-state index in [2.05, 4.69) is 10.3 Å². The van der Waals surface area contributed by atoms with E-state index in [0.717, 1.165) is 5.56 Å². The van der Waals surface area contributed by atoms with E-state index in [4.69, 9.17) is 9.47 Å². The average Bonchev–Trinajstić information content (AvgIpc) is 2.69. The van der Waals surface area contributed by atoms with Gasteiger partial charge in [-0.25, -0.2) is 4.39 Å². The molecular weight excluding hydrogens is 371 g/mol. The van der Waals surface area contributed by atoms with Crippen LogP contribution >= 0.6 is 0 Å². The molecule has 0 radical (unpaired) electrons. The predicted molar refractivity (Wildman–Crippen MR) is 109 cm³/mol. The second-order valence-corrected chi connectivity index (χ2v) is 7.32. The summed E-state index contributed by atoms with van der Waals surface area (Å²) >= 11 is 0. The Labute approximate surface area is 168 Å². The molecule has 0 spiro atoms. The fourth-order valence-electron chi connectivity index (χ4n) is 3.32. The van der Waals surface area contributed by atoms with E-state index < -0.39 is 0 Å². The number of carbonyl (C=O) groups excluding carboxylic acids is 1. The molecule has 6 heteroatoms.